The minimum absolute atomic E-state index is 0.0723. The molecule has 0 aromatic heterocycles. The molecule has 1 aliphatic heterocycles. The van der Waals surface area contributed by atoms with Crippen LogP contribution in [-0.4, -0.2) is 36.0 Å². The van der Waals surface area contributed by atoms with Crippen molar-refractivity contribution in [2.24, 2.45) is 0 Å². The fourth-order valence-electron chi connectivity index (χ4n) is 2.19. The summed E-state index contributed by atoms with van der Waals surface area (Å²) in [5, 5.41) is 4.74. The number of carbonyl (C=O) groups is 2. The second-order valence-corrected chi connectivity index (χ2v) is 5.22. The molecule has 23 heavy (non-hydrogen) atoms. The Hall–Kier alpha value is -2.32. The Morgan fingerprint density at radius 1 is 1.39 bits per heavy atom. The quantitative estimate of drug-likeness (QED) is 0.776. The Balaban J connectivity index is 2.17. The third kappa shape index (κ3) is 4.11. The van der Waals surface area contributed by atoms with Crippen LogP contribution >= 0.6 is 0 Å². The molecule has 1 aromatic rings. The van der Waals surface area contributed by atoms with Gasteiger partial charge in [0.15, 0.2) is 0 Å². The van der Waals surface area contributed by atoms with E-state index in [1.807, 2.05) is 0 Å². The van der Waals surface area contributed by atoms with E-state index in [4.69, 9.17) is 0 Å². The molecule has 0 saturated carbocycles. The van der Waals surface area contributed by atoms with Crippen molar-refractivity contribution >= 4 is 17.6 Å². The van der Waals surface area contributed by atoms with Crippen LogP contribution in [0.2, 0.25) is 0 Å². The topological polar surface area (TPSA) is 61.4 Å². The molecule has 0 bridgehead atoms. The van der Waals surface area contributed by atoms with Crippen LogP contribution in [0.15, 0.2) is 18.2 Å². The highest BCUT2D eigenvalue weighted by molar-refractivity contribution is 5.90. The molecule has 1 aromatic carbocycles. The minimum Gasteiger partial charge on any atom is -0.354 e. The summed E-state index contributed by atoms with van der Waals surface area (Å²) in [5.41, 5.74) is -1.62. The number of rotatable bonds is 1. The zero-order chi connectivity index (χ0) is 17.2. The monoisotopic (exact) mass is 333 g/mol. The number of benzene rings is 1. The fraction of sp³-hybridized carbons (Fsp3) is 0.429. The first kappa shape index (κ1) is 17.0. The van der Waals surface area contributed by atoms with Crippen LogP contribution in [0.5, 0.6) is 0 Å². The van der Waals surface area contributed by atoms with E-state index >= 15 is 0 Å². The molecule has 1 fully saturated rings. The molecule has 1 aliphatic rings. The molecule has 1 unspecified atom stereocenters. The number of urea groups is 1. The number of anilines is 1. The molecule has 5 nitrogen and oxygen atoms in total. The second-order valence-electron chi connectivity index (χ2n) is 5.22. The van der Waals surface area contributed by atoms with Crippen molar-refractivity contribution in [2.75, 3.05) is 18.4 Å². The lowest BCUT2D eigenvalue weighted by Crippen LogP contribution is -2.44. The zero-order valence-corrected chi connectivity index (χ0v) is 12.2. The Kier molecular flexibility index (Phi) is 4.76. The largest absolute Gasteiger partial charge is 0.416 e. The smallest absolute Gasteiger partial charge is 0.354 e. The van der Waals surface area contributed by atoms with Gasteiger partial charge in [0.25, 0.3) is 0 Å². The maximum atomic E-state index is 13.7. The van der Waals surface area contributed by atoms with E-state index < -0.39 is 29.3 Å². The number of alkyl halides is 3. The maximum Gasteiger partial charge on any atom is 0.416 e. The predicted molar refractivity (Wildman–Crippen MR) is 74.2 cm³/mol. The maximum absolute atomic E-state index is 13.7. The molecule has 0 radical (unpaired) electrons. The average Bonchev–Trinajstić information content (AvgIpc) is 2.62. The minimum atomic E-state index is -4.64. The first-order chi connectivity index (χ1) is 10.7. The second kappa shape index (κ2) is 6.43. The summed E-state index contributed by atoms with van der Waals surface area (Å²) in [7, 11) is 0. The number of nitrogens with zero attached hydrogens (tertiary/aromatic N) is 1. The van der Waals surface area contributed by atoms with Gasteiger partial charge in [-0.2, -0.15) is 13.2 Å². The molecule has 126 valence electrons. The number of halogens is 4. The van der Waals surface area contributed by atoms with Gasteiger partial charge in [0.1, 0.15) is 5.82 Å². The van der Waals surface area contributed by atoms with E-state index in [1.165, 1.54) is 4.90 Å². The Morgan fingerprint density at radius 3 is 2.74 bits per heavy atom. The van der Waals surface area contributed by atoms with Gasteiger partial charge in [-0.25, -0.2) is 9.18 Å². The van der Waals surface area contributed by atoms with Crippen molar-refractivity contribution in [1.82, 2.24) is 10.2 Å². The van der Waals surface area contributed by atoms with E-state index in [0.717, 1.165) is 0 Å². The molecule has 0 aliphatic carbocycles. The standard InChI is InChI=1S/C14H15F4N3O2/c1-8-7-19-12(22)4-5-21(8)13(23)20-11-6-9(14(16,17)18)2-3-10(11)15/h2-3,6,8H,4-5,7H2,1H3,(H,19,22)(H,20,23). The molecular formula is C14H15F4N3O2. The SMILES string of the molecule is CC1CNC(=O)CCN1C(=O)Nc1cc(C(F)(F)F)ccc1F. The third-order valence-corrected chi connectivity index (χ3v) is 3.50. The molecule has 0 spiro atoms. The van der Waals surface area contributed by atoms with Crippen molar-refractivity contribution in [3.05, 3.63) is 29.6 Å². The first-order valence-corrected chi connectivity index (χ1v) is 6.89. The van der Waals surface area contributed by atoms with Crippen LogP contribution in [0.25, 0.3) is 0 Å². The molecular weight excluding hydrogens is 318 g/mol. The van der Waals surface area contributed by atoms with Crippen molar-refractivity contribution in [2.45, 2.75) is 25.6 Å². The number of hydrogen-bond donors (Lipinski definition) is 2. The summed E-state index contributed by atoms with van der Waals surface area (Å²) >= 11 is 0. The molecule has 1 atom stereocenters. The zero-order valence-electron chi connectivity index (χ0n) is 12.2. The summed E-state index contributed by atoms with van der Waals surface area (Å²) in [6, 6.07) is 0.666. The number of hydrogen-bond acceptors (Lipinski definition) is 2. The van der Waals surface area contributed by atoms with Crippen molar-refractivity contribution in [1.29, 1.82) is 0 Å². The van der Waals surface area contributed by atoms with E-state index in [9.17, 15) is 27.2 Å². The summed E-state index contributed by atoms with van der Waals surface area (Å²) in [4.78, 5) is 24.8. The van der Waals surface area contributed by atoms with Gasteiger partial charge in [-0.15, -0.1) is 0 Å². The normalized spacial score (nSPS) is 19.1. The summed E-state index contributed by atoms with van der Waals surface area (Å²) < 4.78 is 51.6. The van der Waals surface area contributed by atoms with Gasteiger partial charge < -0.3 is 15.5 Å². The van der Waals surface area contributed by atoms with Gasteiger partial charge in [-0.05, 0) is 25.1 Å². The van der Waals surface area contributed by atoms with Crippen LogP contribution in [0.3, 0.4) is 0 Å². The summed E-state index contributed by atoms with van der Waals surface area (Å²) in [6.45, 7) is 1.99. The Morgan fingerprint density at radius 2 is 2.09 bits per heavy atom. The molecule has 1 heterocycles. The van der Waals surface area contributed by atoms with Gasteiger partial charge >= 0.3 is 12.2 Å². The van der Waals surface area contributed by atoms with Crippen LogP contribution < -0.4 is 10.6 Å². The van der Waals surface area contributed by atoms with Crippen molar-refractivity contribution < 1.29 is 27.2 Å². The van der Waals surface area contributed by atoms with Gasteiger partial charge in [-0.3, -0.25) is 4.79 Å². The van der Waals surface area contributed by atoms with E-state index in [2.05, 4.69) is 10.6 Å². The lowest BCUT2D eigenvalue weighted by atomic mass is 10.2. The molecule has 1 saturated heterocycles. The average molecular weight is 333 g/mol. The number of carbonyl (C=O) groups excluding carboxylic acids is 2. The molecule has 2 rings (SSSR count). The van der Waals surface area contributed by atoms with Gasteiger partial charge in [0.05, 0.1) is 11.3 Å². The highest BCUT2D eigenvalue weighted by atomic mass is 19.4. The lowest BCUT2D eigenvalue weighted by Gasteiger charge is -2.26. The van der Waals surface area contributed by atoms with Crippen molar-refractivity contribution in [3.8, 4) is 0 Å². The van der Waals surface area contributed by atoms with Gasteiger partial charge in [0, 0.05) is 25.6 Å². The number of nitrogens with one attached hydrogen (secondary N) is 2. The third-order valence-electron chi connectivity index (χ3n) is 3.50. The molecule has 3 amide bonds. The van der Waals surface area contributed by atoms with Crippen molar-refractivity contribution in [3.63, 3.8) is 0 Å². The Bertz CT molecular complexity index is 619. The van der Waals surface area contributed by atoms with Gasteiger partial charge in [-0.1, -0.05) is 0 Å². The van der Waals surface area contributed by atoms with Gasteiger partial charge in [0.2, 0.25) is 5.91 Å². The van der Waals surface area contributed by atoms with E-state index in [1.54, 1.807) is 6.92 Å². The van der Waals surface area contributed by atoms with Crippen LogP contribution in [-0.2, 0) is 11.0 Å². The molecule has 2 N–H and O–H groups in total. The lowest BCUT2D eigenvalue weighted by molar-refractivity contribution is -0.137. The first-order valence-electron chi connectivity index (χ1n) is 6.89. The van der Waals surface area contributed by atoms with Crippen LogP contribution in [0, 0.1) is 5.82 Å². The summed E-state index contributed by atoms with van der Waals surface area (Å²) in [6.07, 6.45) is -4.57. The predicted octanol–water partition coefficient (Wildman–Crippen LogP) is 2.59. The van der Waals surface area contributed by atoms with E-state index in [0.29, 0.717) is 18.2 Å². The highest BCUT2D eigenvalue weighted by Crippen LogP contribution is 2.31. The number of amides is 3. The highest BCUT2D eigenvalue weighted by Gasteiger charge is 2.32. The Labute approximate surface area is 129 Å². The van der Waals surface area contributed by atoms with E-state index in [-0.39, 0.29) is 31.5 Å². The van der Waals surface area contributed by atoms with Crippen LogP contribution in [0.4, 0.5) is 28.0 Å². The summed E-state index contributed by atoms with van der Waals surface area (Å²) in [5.74, 6) is -1.19. The van der Waals surface area contributed by atoms with Crippen LogP contribution in [0.1, 0.15) is 18.9 Å². The fourth-order valence-corrected chi connectivity index (χ4v) is 2.19. The molecule has 9 heteroatoms.